The van der Waals surface area contributed by atoms with Crippen LogP contribution in [0.1, 0.15) is 56.7 Å². The highest BCUT2D eigenvalue weighted by molar-refractivity contribution is 7.92. The highest BCUT2D eigenvalue weighted by Gasteiger charge is 2.28. The Balaban J connectivity index is 2.26. The number of hydrogen-bond acceptors (Lipinski definition) is 4. The molecule has 0 heterocycles. The predicted octanol–water partition coefficient (Wildman–Crippen LogP) is 5.49. The van der Waals surface area contributed by atoms with Crippen molar-refractivity contribution in [1.29, 1.82) is 0 Å². The van der Waals surface area contributed by atoms with Crippen LogP contribution in [0.25, 0.3) is 0 Å². The second-order valence-corrected chi connectivity index (χ2v) is 12.2. The van der Waals surface area contributed by atoms with Crippen LogP contribution < -0.4 is 9.62 Å². The number of benzene rings is 2. The molecule has 0 bridgehead atoms. The van der Waals surface area contributed by atoms with Gasteiger partial charge < -0.3 is 10.2 Å². The average molecular weight is 571 g/mol. The summed E-state index contributed by atoms with van der Waals surface area (Å²) in [7, 11) is -3.57. The van der Waals surface area contributed by atoms with E-state index >= 15 is 0 Å². The molecule has 0 radical (unpaired) electrons. The van der Waals surface area contributed by atoms with Crippen LogP contribution in [0.2, 0.25) is 10.0 Å². The summed E-state index contributed by atoms with van der Waals surface area (Å²) in [6.45, 7) is 9.52. The number of hydrogen-bond donors (Lipinski definition) is 1. The minimum atomic E-state index is -3.57. The number of halogens is 2. The van der Waals surface area contributed by atoms with Crippen LogP contribution in [0.15, 0.2) is 36.4 Å². The second kappa shape index (κ2) is 13.5. The lowest BCUT2D eigenvalue weighted by molar-refractivity contribution is -0.140. The van der Waals surface area contributed by atoms with E-state index in [0.717, 1.165) is 23.8 Å². The maximum Gasteiger partial charge on any atom is 0.242 e. The van der Waals surface area contributed by atoms with Crippen LogP contribution in [-0.4, -0.2) is 50.0 Å². The van der Waals surface area contributed by atoms with Crippen molar-refractivity contribution in [3.05, 3.63) is 63.1 Å². The van der Waals surface area contributed by atoms with E-state index in [-0.39, 0.29) is 43.8 Å². The summed E-state index contributed by atoms with van der Waals surface area (Å²) >= 11 is 12.7. The van der Waals surface area contributed by atoms with Crippen LogP contribution in [0.5, 0.6) is 0 Å². The van der Waals surface area contributed by atoms with Gasteiger partial charge in [0.2, 0.25) is 21.8 Å². The molecule has 10 heteroatoms. The number of sulfonamides is 1. The first-order valence-corrected chi connectivity index (χ1v) is 14.9. The van der Waals surface area contributed by atoms with Crippen molar-refractivity contribution in [1.82, 2.24) is 10.2 Å². The van der Waals surface area contributed by atoms with Gasteiger partial charge in [-0.2, -0.15) is 0 Å². The lowest BCUT2D eigenvalue weighted by Crippen LogP contribution is -2.49. The molecule has 2 aromatic carbocycles. The molecule has 0 aliphatic rings. The summed E-state index contributed by atoms with van der Waals surface area (Å²) in [5, 5.41) is 3.72. The van der Waals surface area contributed by atoms with Crippen molar-refractivity contribution in [2.45, 2.75) is 72.5 Å². The Morgan fingerprint density at radius 1 is 1.03 bits per heavy atom. The number of aryl methyl sites for hydroxylation is 2. The fourth-order valence-electron chi connectivity index (χ4n) is 4.00. The number of rotatable bonds is 12. The molecule has 1 N–H and O–H groups in total. The number of nitrogens with zero attached hydrogens (tertiary/aromatic N) is 2. The molecule has 7 nitrogen and oxygen atoms in total. The van der Waals surface area contributed by atoms with E-state index in [0.29, 0.717) is 21.3 Å². The molecule has 37 heavy (non-hydrogen) atoms. The predicted molar refractivity (Wildman–Crippen MR) is 152 cm³/mol. The minimum absolute atomic E-state index is 0.0415. The Kier molecular flexibility index (Phi) is 11.3. The van der Waals surface area contributed by atoms with Gasteiger partial charge in [0.25, 0.3) is 0 Å². The van der Waals surface area contributed by atoms with E-state index in [2.05, 4.69) is 5.32 Å². The molecule has 2 aromatic rings. The van der Waals surface area contributed by atoms with Gasteiger partial charge in [0.1, 0.15) is 6.04 Å². The average Bonchev–Trinajstić information content (AvgIpc) is 2.79. The number of anilines is 1. The number of nitrogens with one attached hydrogen (secondary N) is 1. The van der Waals surface area contributed by atoms with E-state index in [9.17, 15) is 18.0 Å². The van der Waals surface area contributed by atoms with Crippen LogP contribution in [0.3, 0.4) is 0 Å². The lowest BCUT2D eigenvalue weighted by Gasteiger charge is -2.30. The van der Waals surface area contributed by atoms with Crippen LogP contribution in [0, 0.1) is 13.8 Å². The van der Waals surface area contributed by atoms with Gasteiger partial charge in [0, 0.05) is 41.2 Å². The van der Waals surface area contributed by atoms with Crippen molar-refractivity contribution in [3.8, 4) is 0 Å². The van der Waals surface area contributed by atoms with E-state index in [4.69, 9.17) is 23.2 Å². The smallest absolute Gasteiger partial charge is 0.242 e. The Morgan fingerprint density at radius 2 is 1.59 bits per heavy atom. The van der Waals surface area contributed by atoms with Gasteiger partial charge in [0.05, 0.1) is 11.9 Å². The van der Waals surface area contributed by atoms with E-state index in [1.807, 2.05) is 45.9 Å². The lowest BCUT2D eigenvalue weighted by atomic mass is 10.1. The normalized spacial score (nSPS) is 13.1. The van der Waals surface area contributed by atoms with Gasteiger partial charge in [-0.05, 0) is 75.9 Å². The molecule has 2 rings (SSSR count). The number of amides is 2. The molecule has 2 atom stereocenters. The van der Waals surface area contributed by atoms with Gasteiger partial charge in [-0.15, -0.1) is 0 Å². The number of carbonyl (C=O) groups is 2. The number of carbonyl (C=O) groups excluding carboxylic acids is 2. The van der Waals surface area contributed by atoms with Gasteiger partial charge in [-0.3, -0.25) is 13.9 Å². The minimum Gasteiger partial charge on any atom is -0.352 e. The molecule has 0 spiro atoms. The van der Waals surface area contributed by atoms with Crippen molar-refractivity contribution < 1.29 is 18.0 Å². The molecule has 204 valence electrons. The fraction of sp³-hybridized carbons (Fsp3) is 0.481. The van der Waals surface area contributed by atoms with E-state index in [1.165, 1.54) is 9.21 Å². The van der Waals surface area contributed by atoms with Crippen LogP contribution >= 0.6 is 23.2 Å². The topological polar surface area (TPSA) is 86.8 Å². The molecule has 0 unspecified atom stereocenters. The first kappa shape index (κ1) is 30.9. The monoisotopic (exact) mass is 569 g/mol. The molecule has 0 aliphatic carbocycles. The van der Waals surface area contributed by atoms with Gasteiger partial charge in [-0.25, -0.2) is 8.42 Å². The molecule has 0 saturated carbocycles. The summed E-state index contributed by atoms with van der Waals surface area (Å²) < 4.78 is 26.4. The largest absolute Gasteiger partial charge is 0.352 e. The zero-order valence-electron chi connectivity index (χ0n) is 22.3. The first-order chi connectivity index (χ1) is 17.2. The summed E-state index contributed by atoms with van der Waals surface area (Å²) in [6.07, 6.45) is 2.22. The van der Waals surface area contributed by atoms with Crippen molar-refractivity contribution in [3.63, 3.8) is 0 Å². The Bertz CT molecular complexity index is 1180. The molecule has 2 amide bonds. The Morgan fingerprint density at radius 3 is 2.11 bits per heavy atom. The van der Waals surface area contributed by atoms with Crippen molar-refractivity contribution >= 4 is 50.7 Å². The highest BCUT2D eigenvalue weighted by Crippen LogP contribution is 2.27. The van der Waals surface area contributed by atoms with Crippen molar-refractivity contribution in [2.24, 2.45) is 0 Å². The van der Waals surface area contributed by atoms with Gasteiger partial charge in [-0.1, -0.05) is 42.3 Å². The van der Waals surface area contributed by atoms with Gasteiger partial charge in [0.15, 0.2) is 0 Å². The van der Waals surface area contributed by atoms with Crippen molar-refractivity contribution in [2.75, 3.05) is 17.1 Å². The molecule has 0 aromatic heterocycles. The van der Waals surface area contributed by atoms with Crippen LogP contribution in [-0.2, 0) is 26.2 Å². The highest BCUT2D eigenvalue weighted by atomic mass is 35.5. The summed E-state index contributed by atoms with van der Waals surface area (Å²) in [5.74, 6) is -0.574. The molecule has 0 saturated heterocycles. The molecule has 0 fully saturated rings. The van der Waals surface area contributed by atoms with E-state index < -0.39 is 16.1 Å². The molecule has 0 aliphatic heterocycles. The first-order valence-electron chi connectivity index (χ1n) is 12.3. The zero-order valence-corrected chi connectivity index (χ0v) is 24.7. The van der Waals surface area contributed by atoms with Crippen LogP contribution in [0.4, 0.5) is 5.69 Å². The standard InChI is InChI=1S/C27H37Cl2N3O4S/c1-7-20(4)30-27(34)21(5)31(17-23-24(28)10-8-11-25(23)29)26(33)12-9-13-32(37(6,35)36)22-15-18(2)14-19(3)16-22/h8,10-11,14-16,20-21H,7,9,12-13,17H2,1-6H3,(H,30,34)/t20-,21+/m0/s1. The third-order valence-corrected chi connectivity index (χ3v) is 8.11. The Labute approximate surface area is 231 Å². The SMILES string of the molecule is CC[C@H](C)NC(=O)[C@@H](C)N(Cc1c(Cl)cccc1Cl)C(=O)CCCN(c1cc(C)cc(C)c1)S(C)(=O)=O. The molecular weight excluding hydrogens is 533 g/mol. The second-order valence-electron chi connectivity index (χ2n) is 9.50. The summed E-state index contributed by atoms with van der Waals surface area (Å²) in [4.78, 5) is 27.8. The maximum atomic E-state index is 13.4. The third-order valence-electron chi connectivity index (χ3n) is 6.21. The van der Waals surface area contributed by atoms with Gasteiger partial charge >= 0.3 is 0 Å². The zero-order chi connectivity index (χ0) is 27.9. The summed E-state index contributed by atoms with van der Waals surface area (Å²) in [5.41, 5.74) is 3.01. The molecular formula is C27H37Cl2N3O4S. The Hall–Kier alpha value is -2.29. The quantitative estimate of drug-likeness (QED) is 0.366. The third kappa shape index (κ3) is 8.90. The van der Waals surface area contributed by atoms with E-state index in [1.54, 1.807) is 25.1 Å². The summed E-state index contributed by atoms with van der Waals surface area (Å²) in [6, 6.07) is 9.84. The fourth-order valence-corrected chi connectivity index (χ4v) is 5.47. The maximum absolute atomic E-state index is 13.4.